The lowest BCUT2D eigenvalue weighted by molar-refractivity contribution is -0.131. The normalized spacial score (nSPS) is 14.2. The van der Waals surface area contributed by atoms with E-state index in [9.17, 15) is 14.7 Å². The van der Waals surface area contributed by atoms with Crippen molar-refractivity contribution in [1.29, 1.82) is 0 Å². The van der Waals surface area contributed by atoms with Crippen molar-refractivity contribution in [2.45, 2.75) is 24.9 Å². The second-order valence-corrected chi connectivity index (χ2v) is 7.83. The molecule has 3 aromatic rings. The molecule has 4 rings (SSSR count). The molecule has 1 fully saturated rings. The summed E-state index contributed by atoms with van der Waals surface area (Å²) in [7, 11) is 0. The molecule has 0 aromatic heterocycles. The van der Waals surface area contributed by atoms with Crippen molar-refractivity contribution in [3.05, 3.63) is 102 Å². The average Bonchev–Trinajstić information content (AvgIpc) is 2.85. The molecule has 2 N–H and O–H groups in total. The molecule has 0 saturated carbocycles. The number of hydrogen-bond donors (Lipinski definition) is 2. The van der Waals surface area contributed by atoms with Gasteiger partial charge >= 0.3 is 0 Å². The molecule has 31 heavy (non-hydrogen) atoms. The predicted octanol–water partition coefficient (Wildman–Crippen LogP) is 4.19. The average molecular weight is 415 g/mol. The van der Waals surface area contributed by atoms with Crippen molar-refractivity contribution in [3.63, 3.8) is 0 Å². The summed E-state index contributed by atoms with van der Waals surface area (Å²) in [5, 5.41) is 14.3. The van der Waals surface area contributed by atoms with Crippen LogP contribution in [0.4, 0.5) is 5.69 Å². The van der Waals surface area contributed by atoms with Crippen molar-refractivity contribution in [3.8, 4) is 0 Å². The van der Waals surface area contributed by atoms with Gasteiger partial charge in [0.25, 0.3) is 11.8 Å². The fourth-order valence-corrected chi connectivity index (χ4v) is 3.98. The molecule has 5 heteroatoms. The standard InChI is InChI=1S/C26H26N2O3/c29-24(28-18-8-3-9-19-28)20-14-16-23(17-15-20)27-25(30)26(31,21-10-4-1-5-11-21)22-12-6-2-7-13-22/h1-2,4-7,10-17,31H,3,8-9,18-19H2,(H,27,30). The molecular weight excluding hydrogens is 388 g/mol. The number of nitrogens with one attached hydrogen (secondary N) is 1. The number of likely N-dealkylation sites (tertiary alicyclic amines) is 1. The van der Waals surface area contributed by atoms with E-state index in [-0.39, 0.29) is 5.91 Å². The number of aliphatic hydroxyl groups is 1. The summed E-state index contributed by atoms with van der Waals surface area (Å²) >= 11 is 0. The van der Waals surface area contributed by atoms with Crippen LogP contribution in [0.5, 0.6) is 0 Å². The van der Waals surface area contributed by atoms with Crippen molar-refractivity contribution in [2.75, 3.05) is 18.4 Å². The minimum Gasteiger partial charge on any atom is -0.372 e. The van der Waals surface area contributed by atoms with Crippen molar-refractivity contribution in [1.82, 2.24) is 4.90 Å². The van der Waals surface area contributed by atoms with Crippen LogP contribution in [-0.2, 0) is 10.4 Å². The van der Waals surface area contributed by atoms with Crippen LogP contribution in [-0.4, -0.2) is 34.9 Å². The number of piperidine rings is 1. The molecule has 0 spiro atoms. The zero-order chi connectivity index (χ0) is 21.7. The molecule has 1 heterocycles. The third kappa shape index (κ3) is 4.37. The molecule has 1 aliphatic rings. The summed E-state index contributed by atoms with van der Waals surface area (Å²) in [6.07, 6.45) is 3.25. The Morgan fingerprint density at radius 2 is 1.26 bits per heavy atom. The molecule has 5 nitrogen and oxygen atoms in total. The van der Waals surface area contributed by atoms with E-state index >= 15 is 0 Å². The van der Waals surface area contributed by atoms with Crippen molar-refractivity contribution < 1.29 is 14.7 Å². The van der Waals surface area contributed by atoms with Crippen LogP contribution >= 0.6 is 0 Å². The van der Waals surface area contributed by atoms with Gasteiger partial charge in [-0.1, -0.05) is 60.7 Å². The van der Waals surface area contributed by atoms with E-state index in [1.165, 1.54) is 6.42 Å². The Hall–Kier alpha value is -3.44. The molecular formula is C26H26N2O3. The second-order valence-electron chi connectivity index (χ2n) is 7.83. The van der Waals surface area contributed by atoms with Crippen LogP contribution in [0.3, 0.4) is 0 Å². The van der Waals surface area contributed by atoms with Gasteiger partial charge in [0.2, 0.25) is 0 Å². The third-order valence-corrected chi connectivity index (χ3v) is 5.74. The van der Waals surface area contributed by atoms with E-state index in [0.29, 0.717) is 22.4 Å². The molecule has 3 aromatic carbocycles. The van der Waals surface area contributed by atoms with E-state index in [1.807, 2.05) is 17.0 Å². The summed E-state index contributed by atoms with van der Waals surface area (Å²) in [5.41, 5.74) is 0.239. The Morgan fingerprint density at radius 1 is 0.742 bits per heavy atom. The highest BCUT2D eigenvalue weighted by Crippen LogP contribution is 2.31. The van der Waals surface area contributed by atoms with Crippen LogP contribution in [0.25, 0.3) is 0 Å². The lowest BCUT2D eigenvalue weighted by Crippen LogP contribution is -2.41. The highest BCUT2D eigenvalue weighted by atomic mass is 16.3. The Labute approximate surface area is 182 Å². The summed E-state index contributed by atoms with van der Waals surface area (Å²) < 4.78 is 0. The lowest BCUT2D eigenvalue weighted by Gasteiger charge is -2.28. The monoisotopic (exact) mass is 414 g/mol. The van der Waals surface area contributed by atoms with E-state index in [4.69, 9.17) is 0 Å². The summed E-state index contributed by atoms with van der Waals surface area (Å²) in [6, 6.07) is 24.6. The minimum absolute atomic E-state index is 0.0163. The molecule has 1 aliphatic heterocycles. The van der Waals surface area contributed by atoms with Crippen LogP contribution in [0.2, 0.25) is 0 Å². The number of amides is 2. The van der Waals surface area contributed by atoms with Gasteiger partial charge in [-0.3, -0.25) is 9.59 Å². The van der Waals surface area contributed by atoms with Gasteiger partial charge in [-0.05, 0) is 54.7 Å². The second kappa shape index (κ2) is 9.14. The van der Waals surface area contributed by atoms with Gasteiger partial charge < -0.3 is 15.3 Å². The number of rotatable bonds is 5. The van der Waals surface area contributed by atoms with Gasteiger partial charge in [-0.2, -0.15) is 0 Å². The number of carbonyl (C=O) groups excluding carboxylic acids is 2. The molecule has 0 atom stereocenters. The lowest BCUT2D eigenvalue weighted by atomic mass is 9.85. The number of hydrogen-bond acceptors (Lipinski definition) is 3. The van der Waals surface area contributed by atoms with Gasteiger partial charge in [0, 0.05) is 24.3 Å². The van der Waals surface area contributed by atoms with Crippen LogP contribution in [0.15, 0.2) is 84.9 Å². The Bertz CT molecular complexity index is 988. The Kier molecular flexibility index (Phi) is 6.14. The number of carbonyl (C=O) groups is 2. The molecule has 158 valence electrons. The SMILES string of the molecule is O=C(c1ccc(NC(=O)C(O)(c2ccccc2)c2ccccc2)cc1)N1CCCCC1. The predicted molar refractivity (Wildman–Crippen MR) is 121 cm³/mol. The zero-order valence-electron chi connectivity index (χ0n) is 17.3. The van der Waals surface area contributed by atoms with Gasteiger partial charge in [0.05, 0.1) is 0 Å². The highest BCUT2D eigenvalue weighted by molar-refractivity contribution is 6.01. The smallest absolute Gasteiger partial charge is 0.265 e. The topological polar surface area (TPSA) is 69.6 Å². The van der Waals surface area contributed by atoms with Crippen LogP contribution in [0.1, 0.15) is 40.7 Å². The molecule has 0 bridgehead atoms. The first-order valence-electron chi connectivity index (χ1n) is 10.6. The van der Waals surface area contributed by atoms with Gasteiger partial charge in [0.15, 0.2) is 5.60 Å². The number of nitrogens with zero attached hydrogens (tertiary/aromatic N) is 1. The first-order valence-corrected chi connectivity index (χ1v) is 10.6. The van der Waals surface area contributed by atoms with Crippen molar-refractivity contribution >= 4 is 17.5 Å². The summed E-state index contributed by atoms with van der Waals surface area (Å²) in [5.74, 6) is -0.539. The maximum absolute atomic E-state index is 13.3. The van der Waals surface area contributed by atoms with E-state index < -0.39 is 11.5 Å². The first-order chi connectivity index (χ1) is 15.1. The Morgan fingerprint density at radius 3 is 1.77 bits per heavy atom. The number of anilines is 1. The van der Waals surface area contributed by atoms with Gasteiger partial charge in [-0.25, -0.2) is 0 Å². The number of benzene rings is 3. The van der Waals surface area contributed by atoms with E-state index in [0.717, 1.165) is 25.9 Å². The highest BCUT2D eigenvalue weighted by Gasteiger charge is 2.39. The summed E-state index contributed by atoms with van der Waals surface area (Å²) in [6.45, 7) is 1.58. The molecule has 0 unspecified atom stereocenters. The summed E-state index contributed by atoms with van der Waals surface area (Å²) in [4.78, 5) is 27.8. The maximum Gasteiger partial charge on any atom is 0.265 e. The van der Waals surface area contributed by atoms with Crippen molar-refractivity contribution in [2.24, 2.45) is 0 Å². The largest absolute Gasteiger partial charge is 0.372 e. The third-order valence-electron chi connectivity index (χ3n) is 5.74. The van der Waals surface area contributed by atoms with E-state index in [2.05, 4.69) is 5.32 Å². The minimum atomic E-state index is -1.84. The van der Waals surface area contributed by atoms with Crippen LogP contribution < -0.4 is 5.32 Å². The van der Waals surface area contributed by atoms with E-state index in [1.54, 1.807) is 72.8 Å². The van der Waals surface area contributed by atoms with Crippen LogP contribution in [0, 0.1) is 0 Å². The molecule has 0 aliphatic carbocycles. The Balaban J connectivity index is 1.56. The molecule has 2 amide bonds. The first kappa shape index (κ1) is 20.8. The van der Waals surface area contributed by atoms with Gasteiger partial charge in [0.1, 0.15) is 0 Å². The quantitative estimate of drug-likeness (QED) is 0.658. The maximum atomic E-state index is 13.3. The fraction of sp³-hybridized carbons (Fsp3) is 0.231. The van der Waals surface area contributed by atoms with Gasteiger partial charge in [-0.15, -0.1) is 0 Å². The fourth-order valence-electron chi connectivity index (χ4n) is 3.98. The zero-order valence-corrected chi connectivity index (χ0v) is 17.3. The molecule has 1 saturated heterocycles. The molecule has 0 radical (unpaired) electrons.